The smallest absolute Gasteiger partial charge is 0.259 e. The molecule has 1 aromatic carbocycles. The molecule has 0 bridgehead atoms. The molecule has 2 heterocycles. The van der Waals surface area contributed by atoms with Crippen LogP contribution < -0.4 is 14.4 Å². The molecule has 0 aliphatic heterocycles. The van der Waals surface area contributed by atoms with E-state index in [9.17, 15) is 0 Å². The van der Waals surface area contributed by atoms with Crippen LogP contribution in [-0.2, 0) is 0 Å². The van der Waals surface area contributed by atoms with Crippen LogP contribution in [0, 0.1) is 0 Å². The van der Waals surface area contributed by atoms with Crippen molar-refractivity contribution in [3.63, 3.8) is 0 Å². The lowest BCUT2D eigenvalue weighted by atomic mass is 10.1. The molecule has 0 fully saturated rings. The highest BCUT2D eigenvalue weighted by atomic mass is 16.5. The molecule has 0 unspecified atom stereocenters. The molecule has 0 radical (unpaired) electrons. The van der Waals surface area contributed by atoms with E-state index in [0.29, 0.717) is 28.8 Å². The van der Waals surface area contributed by atoms with Crippen LogP contribution in [0.15, 0.2) is 53.2 Å². The lowest BCUT2D eigenvalue weighted by Gasteiger charge is -2.17. The van der Waals surface area contributed by atoms with Crippen molar-refractivity contribution in [2.75, 3.05) is 32.7 Å². The van der Waals surface area contributed by atoms with Gasteiger partial charge in [0.15, 0.2) is 11.5 Å². The molecule has 7 heteroatoms. The van der Waals surface area contributed by atoms with E-state index in [1.807, 2.05) is 49.2 Å². The van der Waals surface area contributed by atoms with Crippen molar-refractivity contribution in [1.29, 1.82) is 0 Å². The van der Waals surface area contributed by atoms with Gasteiger partial charge < -0.3 is 18.9 Å². The quantitative estimate of drug-likeness (QED) is 0.588. The minimum Gasteiger partial charge on any atom is -0.493 e. The number of nitrogens with zero attached hydrogens (tertiary/aromatic N) is 4. The highest BCUT2D eigenvalue weighted by Crippen LogP contribution is 2.37. The predicted octanol–water partition coefficient (Wildman–Crippen LogP) is 3.83. The van der Waals surface area contributed by atoms with Crippen molar-refractivity contribution in [3.05, 3.63) is 48.7 Å². The number of hydrogen-bond acceptors (Lipinski definition) is 7. The number of rotatable bonds is 7. The first-order valence-electron chi connectivity index (χ1n) is 8.40. The first-order chi connectivity index (χ1) is 13.0. The number of methoxy groups -OCH3 is 2. The highest BCUT2D eigenvalue weighted by molar-refractivity contribution is 5.69. The number of anilines is 1. The second-order valence-electron chi connectivity index (χ2n) is 6.18. The number of pyridine rings is 1. The Labute approximate surface area is 158 Å². The third kappa shape index (κ3) is 3.92. The number of likely N-dealkylation sites (N-methyl/N-ethyl adjacent to an activating group) is 1. The Morgan fingerprint density at radius 1 is 1.19 bits per heavy atom. The zero-order valence-corrected chi connectivity index (χ0v) is 15.9. The minimum absolute atomic E-state index is 0.386. The molecular weight excluding hydrogens is 344 g/mol. The van der Waals surface area contributed by atoms with E-state index < -0.39 is 0 Å². The van der Waals surface area contributed by atoms with Gasteiger partial charge in [-0.25, -0.2) is 4.98 Å². The third-order valence-electron chi connectivity index (χ3n) is 3.96. The van der Waals surface area contributed by atoms with Gasteiger partial charge in [-0.3, -0.25) is 0 Å². The summed E-state index contributed by atoms with van der Waals surface area (Å²) in [4.78, 5) is 11.0. The summed E-state index contributed by atoms with van der Waals surface area (Å²) in [5, 5.41) is 4.07. The lowest BCUT2D eigenvalue weighted by Crippen LogP contribution is -2.19. The van der Waals surface area contributed by atoms with Gasteiger partial charge in [0.05, 0.1) is 25.3 Å². The summed E-state index contributed by atoms with van der Waals surface area (Å²) in [7, 11) is 5.13. The molecule has 0 saturated heterocycles. The largest absolute Gasteiger partial charge is 0.493 e. The summed E-state index contributed by atoms with van der Waals surface area (Å²) in [5.41, 5.74) is 2.50. The van der Waals surface area contributed by atoms with Crippen LogP contribution in [-0.4, -0.2) is 42.9 Å². The van der Waals surface area contributed by atoms with Gasteiger partial charge in [0.1, 0.15) is 5.82 Å². The Bertz CT molecular complexity index is 935. The summed E-state index contributed by atoms with van der Waals surface area (Å²) in [6.45, 7) is 6.65. The fourth-order valence-electron chi connectivity index (χ4n) is 2.74. The molecule has 140 valence electrons. The molecule has 0 amide bonds. The summed E-state index contributed by atoms with van der Waals surface area (Å²) in [6, 6.07) is 9.32. The second-order valence-corrected chi connectivity index (χ2v) is 6.18. The van der Waals surface area contributed by atoms with Crippen molar-refractivity contribution in [2.24, 2.45) is 0 Å². The normalized spacial score (nSPS) is 10.5. The maximum absolute atomic E-state index is 5.44. The van der Waals surface area contributed by atoms with Crippen LogP contribution in [0.4, 0.5) is 5.82 Å². The van der Waals surface area contributed by atoms with Gasteiger partial charge in [-0.1, -0.05) is 23.4 Å². The number of aromatic nitrogens is 3. The zero-order valence-electron chi connectivity index (χ0n) is 15.9. The lowest BCUT2D eigenvalue weighted by molar-refractivity contribution is 0.355. The zero-order chi connectivity index (χ0) is 19.4. The SMILES string of the molecule is C=C(C)CN(C)c1ccc(-c2nc(-c3cccc(OC)c3OC)no2)cn1. The molecule has 3 aromatic rings. The van der Waals surface area contributed by atoms with E-state index in [1.54, 1.807) is 20.4 Å². The molecule has 27 heavy (non-hydrogen) atoms. The van der Waals surface area contributed by atoms with Gasteiger partial charge in [0.25, 0.3) is 5.89 Å². The number of benzene rings is 1. The molecule has 7 nitrogen and oxygen atoms in total. The van der Waals surface area contributed by atoms with Gasteiger partial charge in [0, 0.05) is 19.8 Å². The molecule has 0 aliphatic carbocycles. The van der Waals surface area contributed by atoms with E-state index in [2.05, 4.69) is 21.7 Å². The standard InChI is InChI=1S/C20H22N4O3/c1-13(2)12-24(3)17-10-9-14(11-21-17)20-22-19(23-27-20)15-7-6-8-16(25-4)18(15)26-5/h6-11H,1,12H2,2-5H3. The Balaban J connectivity index is 1.87. The monoisotopic (exact) mass is 366 g/mol. The number of ether oxygens (including phenoxy) is 2. The number of hydrogen-bond donors (Lipinski definition) is 0. The molecule has 0 spiro atoms. The molecule has 0 aliphatic rings. The summed E-state index contributed by atoms with van der Waals surface area (Å²) >= 11 is 0. The van der Waals surface area contributed by atoms with E-state index >= 15 is 0 Å². The molecule has 0 saturated carbocycles. The van der Waals surface area contributed by atoms with Crippen molar-refractivity contribution < 1.29 is 14.0 Å². The van der Waals surface area contributed by atoms with E-state index in [-0.39, 0.29) is 0 Å². The summed E-state index contributed by atoms with van der Waals surface area (Å²) in [5.74, 6) is 2.81. The predicted molar refractivity (Wildman–Crippen MR) is 104 cm³/mol. The Morgan fingerprint density at radius 3 is 2.63 bits per heavy atom. The summed E-state index contributed by atoms with van der Waals surface area (Å²) in [6.07, 6.45) is 1.71. The van der Waals surface area contributed by atoms with Gasteiger partial charge in [-0.2, -0.15) is 4.98 Å². The maximum Gasteiger partial charge on any atom is 0.259 e. The van der Waals surface area contributed by atoms with Gasteiger partial charge in [-0.05, 0) is 31.2 Å². The Kier molecular flexibility index (Phi) is 5.40. The van der Waals surface area contributed by atoms with E-state index in [0.717, 1.165) is 23.5 Å². The van der Waals surface area contributed by atoms with E-state index in [1.165, 1.54) is 0 Å². The molecule has 2 aromatic heterocycles. The van der Waals surface area contributed by atoms with Crippen LogP contribution >= 0.6 is 0 Å². The van der Waals surface area contributed by atoms with Crippen molar-refractivity contribution in [3.8, 4) is 34.3 Å². The van der Waals surface area contributed by atoms with Crippen LogP contribution in [0.5, 0.6) is 11.5 Å². The molecule has 3 rings (SSSR count). The molecule has 0 N–H and O–H groups in total. The average molecular weight is 366 g/mol. The minimum atomic E-state index is 0.386. The van der Waals surface area contributed by atoms with Crippen LogP contribution in [0.3, 0.4) is 0 Å². The first kappa shape index (κ1) is 18.4. The fourth-order valence-corrected chi connectivity index (χ4v) is 2.74. The highest BCUT2D eigenvalue weighted by Gasteiger charge is 2.17. The Hall–Kier alpha value is -3.35. The topological polar surface area (TPSA) is 73.5 Å². The molecule has 0 atom stereocenters. The summed E-state index contributed by atoms with van der Waals surface area (Å²) < 4.78 is 16.2. The fraction of sp³-hybridized carbons (Fsp3) is 0.250. The van der Waals surface area contributed by atoms with Gasteiger partial charge in [-0.15, -0.1) is 0 Å². The second kappa shape index (κ2) is 7.90. The average Bonchev–Trinajstić information content (AvgIpc) is 3.16. The van der Waals surface area contributed by atoms with Crippen molar-refractivity contribution in [2.45, 2.75) is 6.92 Å². The van der Waals surface area contributed by atoms with Crippen molar-refractivity contribution in [1.82, 2.24) is 15.1 Å². The Morgan fingerprint density at radius 2 is 2.00 bits per heavy atom. The van der Waals surface area contributed by atoms with Crippen molar-refractivity contribution >= 4 is 5.82 Å². The van der Waals surface area contributed by atoms with Gasteiger partial charge >= 0.3 is 0 Å². The van der Waals surface area contributed by atoms with Gasteiger partial charge in [0.2, 0.25) is 5.82 Å². The maximum atomic E-state index is 5.44. The van der Waals surface area contributed by atoms with Crippen LogP contribution in [0.25, 0.3) is 22.8 Å². The molecular formula is C20H22N4O3. The van der Waals surface area contributed by atoms with E-state index in [4.69, 9.17) is 14.0 Å². The first-order valence-corrected chi connectivity index (χ1v) is 8.40. The van der Waals surface area contributed by atoms with Crippen LogP contribution in [0.1, 0.15) is 6.92 Å². The van der Waals surface area contributed by atoms with Crippen LogP contribution in [0.2, 0.25) is 0 Å². The number of para-hydroxylation sites is 1. The third-order valence-corrected chi connectivity index (χ3v) is 3.96.